The zero-order valence-electron chi connectivity index (χ0n) is 6.42. The molecule has 1 aliphatic heterocycles. The molecule has 1 fully saturated rings. The highest BCUT2D eigenvalue weighted by molar-refractivity contribution is 5.85. The summed E-state index contributed by atoms with van der Waals surface area (Å²) >= 11 is 0. The fourth-order valence-corrected chi connectivity index (χ4v) is 0.923. The molecule has 1 saturated heterocycles. The number of carbonyl (C=O) groups excluding carboxylic acids is 2. The van der Waals surface area contributed by atoms with Crippen molar-refractivity contribution in [3.63, 3.8) is 0 Å². The first-order valence-electron chi connectivity index (χ1n) is 3.70. The number of esters is 1. The molecular formula is C7H11NO3. The van der Waals surface area contributed by atoms with Crippen LogP contribution in [0.4, 0.5) is 0 Å². The number of nitrogens with one attached hydrogen (secondary N) is 1. The van der Waals surface area contributed by atoms with Crippen molar-refractivity contribution in [3.8, 4) is 0 Å². The Kier molecular flexibility index (Phi) is 2.46. The van der Waals surface area contributed by atoms with E-state index in [4.69, 9.17) is 0 Å². The van der Waals surface area contributed by atoms with Crippen molar-refractivity contribution in [3.05, 3.63) is 0 Å². The lowest BCUT2D eigenvalue weighted by Gasteiger charge is -2.05. The number of ether oxygens (including phenoxy) is 1. The molecule has 0 aromatic heterocycles. The topological polar surface area (TPSA) is 55.4 Å². The Hall–Kier alpha value is -1.06. The average Bonchev–Trinajstić information content (AvgIpc) is 2.37. The SMILES string of the molecule is CCC(=O)NC1CCOC1=O. The maximum atomic E-state index is 10.8. The van der Waals surface area contributed by atoms with Crippen LogP contribution in [-0.2, 0) is 14.3 Å². The molecule has 4 heteroatoms. The summed E-state index contributed by atoms with van der Waals surface area (Å²) in [5, 5.41) is 2.56. The molecule has 1 rings (SSSR count). The molecule has 0 radical (unpaired) electrons. The normalized spacial score (nSPS) is 23.0. The van der Waals surface area contributed by atoms with Gasteiger partial charge in [-0.3, -0.25) is 4.79 Å². The van der Waals surface area contributed by atoms with E-state index in [1.807, 2.05) is 0 Å². The van der Waals surface area contributed by atoms with E-state index in [9.17, 15) is 9.59 Å². The highest BCUT2D eigenvalue weighted by Gasteiger charge is 2.27. The number of amides is 1. The van der Waals surface area contributed by atoms with E-state index in [0.29, 0.717) is 19.4 Å². The molecule has 0 aliphatic carbocycles. The van der Waals surface area contributed by atoms with E-state index in [0.717, 1.165) is 0 Å². The van der Waals surface area contributed by atoms with Crippen molar-refractivity contribution in [2.75, 3.05) is 6.61 Å². The molecule has 0 spiro atoms. The van der Waals surface area contributed by atoms with E-state index < -0.39 is 6.04 Å². The van der Waals surface area contributed by atoms with E-state index in [1.165, 1.54) is 0 Å². The van der Waals surface area contributed by atoms with E-state index in [1.54, 1.807) is 6.92 Å². The number of carbonyl (C=O) groups is 2. The van der Waals surface area contributed by atoms with Crippen molar-refractivity contribution < 1.29 is 14.3 Å². The van der Waals surface area contributed by atoms with E-state index >= 15 is 0 Å². The quantitative estimate of drug-likeness (QED) is 0.566. The molecule has 4 nitrogen and oxygen atoms in total. The summed E-state index contributed by atoms with van der Waals surface area (Å²) in [6.07, 6.45) is 1.01. The second kappa shape index (κ2) is 3.37. The molecule has 1 aliphatic rings. The van der Waals surface area contributed by atoms with E-state index in [-0.39, 0.29) is 11.9 Å². The summed E-state index contributed by atoms with van der Waals surface area (Å²) in [7, 11) is 0. The molecule has 62 valence electrons. The van der Waals surface area contributed by atoms with Crippen molar-refractivity contribution in [1.82, 2.24) is 5.32 Å². The molecular weight excluding hydrogens is 146 g/mol. The van der Waals surface area contributed by atoms with Crippen LogP contribution in [0.3, 0.4) is 0 Å². The minimum absolute atomic E-state index is 0.103. The van der Waals surface area contributed by atoms with Gasteiger partial charge in [0.1, 0.15) is 6.04 Å². The molecule has 0 aromatic carbocycles. The Morgan fingerprint density at radius 3 is 3.00 bits per heavy atom. The molecule has 1 unspecified atom stereocenters. The molecule has 0 aromatic rings. The van der Waals surface area contributed by atoms with Crippen LogP contribution in [-0.4, -0.2) is 24.5 Å². The van der Waals surface area contributed by atoms with Gasteiger partial charge in [-0.1, -0.05) is 6.92 Å². The summed E-state index contributed by atoms with van der Waals surface area (Å²) in [6, 6.07) is -0.401. The first-order valence-corrected chi connectivity index (χ1v) is 3.70. The fraction of sp³-hybridized carbons (Fsp3) is 0.714. The maximum absolute atomic E-state index is 10.8. The van der Waals surface area contributed by atoms with Gasteiger partial charge in [-0.15, -0.1) is 0 Å². The van der Waals surface area contributed by atoms with Crippen LogP contribution in [0.1, 0.15) is 19.8 Å². The van der Waals surface area contributed by atoms with Gasteiger partial charge in [0.25, 0.3) is 0 Å². The van der Waals surface area contributed by atoms with Crippen LogP contribution in [0, 0.1) is 0 Å². The van der Waals surface area contributed by atoms with Crippen molar-refractivity contribution >= 4 is 11.9 Å². The van der Waals surface area contributed by atoms with Gasteiger partial charge in [0.2, 0.25) is 5.91 Å². The van der Waals surface area contributed by atoms with Crippen LogP contribution in [0.2, 0.25) is 0 Å². The summed E-state index contributed by atoms with van der Waals surface area (Å²) in [5.74, 6) is -0.416. The van der Waals surface area contributed by atoms with Gasteiger partial charge in [0.15, 0.2) is 0 Å². The molecule has 11 heavy (non-hydrogen) atoms. The standard InChI is InChI=1S/C7H11NO3/c1-2-6(9)8-5-3-4-11-7(5)10/h5H,2-4H2,1H3,(H,8,9). The Balaban J connectivity index is 2.36. The van der Waals surface area contributed by atoms with E-state index in [2.05, 4.69) is 10.1 Å². The van der Waals surface area contributed by atoms with Crippen molar-refractivity contribution in [2.45, 2.75) is 25.8 Å². The fourth-order valence-electron chi connectivity index (χ4n) is 0.923. The van der Waals surface area contributed by atoms with Gasteiger partial charge in [-0.05, 0) is 0 Å². The van der Waals surface area contributed by atoms with Crippen LogP contribution in [0.25, 0.3) is 0 Å². The Labute approximate surface area is 64.9 Å². The number of hydrogen-bond acceptors (Lipinski definition) is 3. The molecule has 1 amide bonds. The molecule has 0 bridgehead atoms. The zero-order valence-corrected chi connectivity index (χ0v) is 6.42. The largest absolute Gasteiger partial charge is 0.464 e. The predicted molar refractivity (Wildman–Crippen MR) is 37.8 cm³/mol. The number of hydrogen-bond donors (Lipinski definition) is 1. The summed E-state index contributed by atoms with van der Waals surface area (Å²) in [4.78, 5) is 21.6. The van der Waals surface area contributed by atoms with Crippen molar-refractivity contribution in [2.24, 2.45) is 0 Å². The second-order valence-electron chi connectivity index (χ2n) is 2.43. The summed E-state index contributed by atoms with van der Waals surface area (Å²) in [5.41, 5.74) is 0. The molecule has 1 N–H and O–H groups in total. The Morgan fingerprint density at radius 2 is 2.55 bits per heavy atom. The number of rotatable bonds is 2. The smallest absolute Gasteiger partial charge is 0.328 e. The monoisotopic (exact) mass is 157 g/mol. The minimum Gasteiger partial charge on any atom is -0.464 e. The first-order chi connectivity index (χ1) is 5.24. The van der Waals surface area contributed by atoms with Gasteiger partial charge in [0, 0.05) is 12.8 Å². The van der Waals surface area contributed by atoms with Crippen LogP contribution in [0.5, 0.6) is 0 Å². The Bertz CT molecular complexity index is 179. The van der Waals surface area contributed by atoms with Crippen LogP contribution < -0.4 is 5.32 Å². The Morgan fingerprint density at radius 1 is 1.82 bits per heavy atom. The highest BCUT2D eigenvalue weighted by atomic mass is 16.5. The van der Waals surface area contributed by atoms with Gasteiger partial charge in [-0.25, -0.2) is 4.79 Å². The third-order valence-electron chi connectivity index (χ3n) is 1.59. The lowest BCUT2D eigenvalue weighted by Crippen LogP contribution is -2.37. The maximum Gasteiger partial charge on any atom is 0.328 e. The van der Waals surface area contributed by atoms with Gasteiger partial charge in [0.05, 0.1) is 6.61 Å². The summed E-state index contributed by atoms with van der Waals surface area (Å²) < 4.78 is 4.66. The molecule has 0 saturated carbocycles. The van der Waals surface area contributed by atoms with Gasteiger partial charge in [-0.2, -0.15) is 0 Å². The number of cyclic esters (lactones) is 1. The lowest BCUT2D eigenvalue weighted by atomic mass is 10.2. The highest BCUT2D eigenvalue weighted by Crippen LogP contribution is 2.05. The molecule has 1 atom stereocenters. The van der Waals surface area contributed by atoms with Crippen LogP contribution >= 0.6 is 0 Å². The second-order valence-corrected chi connectivity index (χ2v) is 2.43. The molecule has 1 heterocycles. The van der Waals surface area contributed by atoms with Crippen molar-refractivity contribution in [1.29, 1.82) is 0 Å². The van der Waals surface area contributed by atoms with Crippen LogP contribution in [0.15, 0.2) is 0 Å². The third-order valence-corrected chi connectivity index (χ3v) is 1.59. The average molecular weight is 157 g/mol. The summed E-state index contributed by atoms with van der Waals surface area (Å²) in [6.45, 7) is 2.17. The predicted octanol–water partition coefficient (Wildman–Crippen LogP) is -0.172. The van der Waals surface area contributed by atoms with Gasteiger partial charge >= 0.3 is 5.97 Å². The lowest BCUT2D eigenvalue weighted by molar-refractivity contribution is -0.141. The van der Waals surface area contributed by atoms with Gasteiger partial charge < -0.3 is 10.1 Å². The third kappa shape index (κ3) is 1.93. The zero-order chi connectivity index (χ0) is 8.27. The first kappa shape index (κ1) is 8.04. The minimum atomic E-state index is -0.401.